The highest BCUT2D eigenvalue weighted by molar-refractivity contribution is 6.28. The molecule has 0 saturated carbocycles. The highest BCUT2D eigenvalue weighted by atomic mass is 35.5. The molecule has 1 aromatic heterocycles. The number of hydrogen-bond donors (Lipinski definition) is 1. The first kappa shape index (κ1) is 13.4. The van der Waals surface area contributed by atoms with E-state index in [0.29, 0.717) is 5.95 Å². The van der Waals surface area contributed by atoms with Crippen molar-refractivity contribution in [1.82, 2.24) is 15.0 Å². The minimum Gasteiger partial charge on any atom is -0.347 e. The third-order valence-corrected chi connectivity index (χ3v) is 2.36. The molecule has 0 amide bonds. The van der Waals surface area contributed by atoms with Crippen molar-refractivity contribution >= 4 is 29.2 Å². The van der Waals surface area contributed by atoms with E-state index < -0.39 is 11.6 Å². The molecule has 19 heavy (non-hydrogen) atoms. The van der Waals surface area contributed by atoms with Gasteiger partial charge in [-0.3, -0.25) is 0 Å². The molecule has 1 N–H and O–H groups in total. The quantitative estimate of drug-likeness (QED) is 0.939. The number of nitrogens with zero attached hydrogens (tertiary/aromatic N) is 4. The molecule has 8 heteroatoms. The van der Waals surface area contributed by atoms with Crippen LogP contribution in [0.25, 0.3) is 0 Å². The summed E-state index contributed by atoms with van der Waals surface area (Å²) >= 11 is 5.73. The van der Waals surface area contributed by atoms with Crippen molar-refractivity contribution in [1.29, 1.82) is 0 Å². The zero-order valence-corrected chi connectivity index (χ0v) is 10.9. The van der Waals surface area contributed by atoms with Gasteiger partial charge in [0.2, 0.25) is 17.2 Å². The Balaban J connectivity index is 2.35. The van der Waals surface area contributed by atoms with Crippen molar-refractivity contribution in [2.45, 2.75) is 0 Å². The van der Waals surface area contributed by atoms with Gasteiger partial charge in [-0.1, -0.05) is 6.07 Å². The molecule has 0 fully saturated rings. The second-order valence-electron chi connectivity index (χ2n) is 3.85. The number of halogens is 3. The molecule has 100 valence electrons. The predicted octanol–water partition coefficient (Wildman–Crippen LogP) is 2.61. The molecule has 1 aromatic carbocycles. The number of nitrogens with one attached hydrogen (secondary N) is 1. The molecule has 0 bridgehead atoms. The molecule has 2 rings (SSSR count). The first-order valence-electron chi connectivity index (χ1n) is 5.27. The molecule has 0 aliphatic rings. The molecule has 0 radical (unpaired) electrons. The second kappa shape index (κ2) is 5.31. The van der Waals surface area contributed by atoms with E-state index in [1.165, 1.54) is 12.1 Å². The van der Waals surface area contributed by atoms with Gasteiger partial charge in [-0.15, -0.1) is 0 Å². The molecule has 0 aliphatic heterocycles. The highest BCUT2D eigenvalue weighted by Crippen LogP contribution is 2.21. The van der Waals surface area contributed by atoms with E-state index in [4.69, 9.17) is 11.6 Å². The van der Waals surface area contributed by atoms with Crippen LogP contribution in [0.4, 0.5) is 26.4 Å². The van der Waals surface area contributed by atoms with Crippen LogP contribution in [0.15, 0.2) is 18.2 Å². The summed E-state index contributed by atoms with van der Waals surface area (Å²) in [4.78, 5) is 13.3. The number of anilines is 3. The predicted molar refractivity (Wildman–Crippen MR) is 68.8 cm³/mol. The maximum atomic E-state index is 13.5. The third-order valence-electron chi connectivity index (χ3n) is 2.19. The fraction of sp³-hybridized carbons (Fsp3) is 0.182. The fourth-order valence-electron chi connectivity index (χ4n) is 1.32. The van der Waals surface area contributed by atoms with Crippen molar-refractivity contribution < 1.29 is 8.78 Å². The van der Waals surface area contributed by atoms with Gasteiger partial charge in [0.15, 0.2) is 11.6 Å². The van der Waals surface area contributed by atoms with E-state index in [-0.39, 0.29) is 16.9 Å². The Hall–Kier alpha value is -2.02. The first-order chi connectivity index (χ1) is 8.97. The normalized spacial score (nSPS) is 10.4. The van der Waals surface area contributed by atoms with Crippen LogP contribution in [0.2, 0.25) is 5.28 Å². The third kappa shape index (κ3) is 3.05. The molecule has 0 aliphatic carbocycles. The largest absolute Gasteiger partial charge is 0.347 e. The zero-order valence-electron chi connectivity index (χ0n) is 10.2. The lowest BCUT2D eigenvalue weighted by Crippen LogP contribution is -2.14. The highest BCUT2D eigenvalue weighted by Gasteiger charge is 2.11. The Morgan fingerprint density at radius 2 is 1.89 bits per heavy atom. The monoisotopic (exact) mass is 285 g/mol. The first-order valence-corrected chi connectivity index (χ1v) is 5.65. The molecule has 0 unspecified atom stereocenters. The topological polar surface area (TPSA) is 53.9 Å². The summed E-state index contributed by atoms with van der Waals surface area (Å²) in [5.41, 5.74) is -0.0769. The van der Waals surface area contributed by atoms with E-state index in [1.807, 2.05) is 0 Å². The molecule has 0 atom stereocenters. The Kier molecular flexibility index (Phi) is 3.75. The summed E-state index contributed by atoms with van der Waals surface area (Å²) in [6, 6.07) is 3.76. The Bertz CT molecular complexity index is 606. The Morgan fingerprint density at radius 3 is 2.58 bits per heavy atom. The van der Waals surface area contributed by atoms with Gasteiger partial charge in [0.1, 0.15) is 0 Å². The molecule has 0 saturated heterocycles. The molecule has 5 nitrogen and oxygen atoms in total. The standard InChI is InChI=1S/C11H10ClF2N5/c1-19(2)11-17-9(12)16-10(18-11)15-7-5-3-4-6(13)8(7)14/h3-5H,1-2H3,(H,15,16,17,18). The van der Waals surface area contributed by atoms with Crippen molar-refractivity contribution in [2.75, 3.05) is 24.3 Å². The van der Waals surface area contributed by atoms with Crippen molar-refractivity contribution in [3.63, 3.8) is 0 Å². The van der Waals surface area contributed by atoms with Crippen LogP contribution >= 0.6 is 11.6 Å². The molecular formula is C11H10ClF2N5. The minimum absolute atomic E-state index is 0.0354. The summed E-state index contributed by atoms with van der Waals surface area (Å²) in [7, 11) is 3.44. The average Bonchev–Trinajstić information content (AvgIpc) is 2.34. The van der Waals surface area contributed by atoms with Crippen molar-refractivity contribution in [3.05, 3.63) is 35.1 Å². The summed E-state index contributed by atoms with van der Waals surface area (Å²) < 4.78 is 26.6. The van der Waals surface area contributed by atoms with Gasteiger partial charge < -0.3 is 10.2 Å². The Labute approximate surface area is 113 Å². The van der Waals surface area contributed by atoms with E-state index in [1.54, 1.807) is 19.0 Å². The van der Waals surface area contributed by atoms with Gasteiger partial charge in [-0.2, -0.15) is 15.0 Å². The van der Waals surface area contributed by atoms with Crippen LogP contribution in [0.1, 0.15) is 0 Å². The van der Waals surface area contributed by atoms with E-state index in [9.17, 15) is 8.78 Å². The van der Waals surface area contributed by atoms with Crippen molar-refractivity contribution in [2.24, 2.45) is 0 Å². The van der Waals surface area contributed by atoms with E-state index in [0.717, 1.165) is 6.07 Å². The smallest absolute Gasteiger partial charge is 0.233 e. The fourth-order valence-corrected chi connectivity index (χ4v) is 1.47. The lowest BCUT2D eigenvalue weighted by atomic mass is 10.3. The van der Waals surface area contributed by atoms with Crippen molar-refractivity contribution in [3.8, 4) is 0 Å². The lowest BCUT2D eigenvalue weighted by Gasteiger charge is -2.12. The van der Waals surface area contributed by atoms with E-state index in [2.05, 4.69) is 20.3 Å². The minimum atomic E-state index is -1.01. The van der Waals surface area contributed by atoms with Crippen LogP contribution in [-0.4, -0.2) is 29.0 Å². The molecular weight excluding hydrogens is 276 g/mol. The summed E-state index contributed by atoms with van der Waals surface area (Å²) in [6.07, 6.45) is 0. The average molecular weight is 286 g/mol. The van der Waals surface area contributed by atoms with E-state index >= 15 is 0 Å². The number of rotatable bonds is 3. The number of aromatic nitrogens is 3. The lowest BCUT2D eigenvalue weighted by molar-refractivity contribution is 0.511. The number of hydrogen-bond acceptors (Lipinski definition) is 5. The molecule has 2 aromatic rings. The van der Waals surface area contributed by atoms with Gasteiger partial charge in [0.05, 0.1) is 5.69 Å². The molecule has 1 heterocycles. The molecule has 0 spiro atoms. The van der Waals surface area contributed by atoms with Crippen LogP contribution in [0, 0.1) is 11.6 Å². The summed E-state index contributed by atoms with van der Waals surface area (Å²) in [6.45, 7) is 0. The summed E-state index contributed by atoms with van der Waals surface area (Å²) in [5, 5.41) is 2.52. The van der Waals surface area contributed by atoms with Gasteiger partial charge in [0, 0.05) is 14.1 Å². The van der Waals surface area contributed by atoms with Gasteiger partial charge in [-0.05, 0) is 23.7 Å². The van der Waals surface area contributed by atoms with Crippen LogP contribution in [0.3, 0.4) is 0 Å². The number of benzene rings is 1. The van der Waals surface area contributed by atoms with Gasteiger partial charge >= 0.3 is 0 Å². The SMILES string of the molecule is CN(C)c1nc(Cl)nc(Nc2cccc(F)c2F)n1. The maximum Gasteiger partial charge on any atom is 0.233 e. The van der Waals surface area contributed by atoms with Gasteiger partial charge in [0.25, 0.3) is 0 Å². The van der Waals surface area contributed by atoms with Crippen LogP contribution < -0.4 is 10.2 Å². The maximum absolute atomic E-state index is 13.5. The van der Waals surface area contributed by atoms with Crippen LogP contribution in [0.5, 0.6) is 0 Å². The zero-order chi connectivity index (χ0) is 14.0. The van der Waals surface area contributed by atoms with Gasteiger partial charge in [-0.25, -0.2) is 8.78 Å². The van der Waals surface area contributed by atoms with Crippen LogP contribution in [-0.2, 0) is 0 Å². The summed E-state index contributed by atoms with van der Waals surface area (Å²) in [5.74, 6) is -1.63. The second-order valence-corrected chi connectivity index (χ2v) is 4.19. The Morgan fingerprint density at radius 1 is 1.16 bits per heavy atom.